The first-order valence-electron chi connectivity index (χ1n) is 10.4. The number of methoxy groups -OCH3 is 2. The summed E-state index contributed by atoms with van der Waals surface area (Å²) in [6, 6.07) is 6.12. The molecule has 0 unspecified atom stereocenters. The van der Waals surface area contributed by atoms with Crippen LogP contribution in [0.2, 0.25) is 0 Å². The number of allylic oxidation sites excluding steroid dienone is 2. The predicted molar refractivity (Wildman–Crippen MR) is 128 cm³/mol. The third-order valence-corrected chi connectivity index (χ3v) is 6.32. The van der Waals surface area contributed by atoms with Crippen molar-refractivity contribution in [3.05, 3.63) is 57.6 Å². The van der Waals surface area contributed by atoms with Crippen LogP contribution >= 0.6 is 11.3 Å². The van der Waals surface area contributed by atoms with Crippen LogP contribution in [0.3, 0.4) is 0 Å². The molecule has 0 bridgehead atoms. The maximum absolute atomic E-state index is 5.47. The minimum absolute atomic E-state index is 0.661. The number of aromatic nitrogens is 2. The van der Waals surface area contributed by atoms with Crippen LogP contribution in [0.1, 0.15) is 29.1 Å². The normalized spacial score (nSPS) is 13.7. The Morgan fingerprint density at radius 1 is 1.06 bits per heavy atom. The molecule has 0 aliphatic heterocycles. The van der Waals surface area contributed by atoms with E-state index < -0.39 is 0 Å². The molecule has 1 aliphatic rings. The minimum Gasteiger partial charge on any atom is -0.493 e. The van der Waals surface area contributed by atoms with E-state index >= 15 is 0 Å². The Morgan fingerprint density at radius 2 is 1.87 bits per heavy atom. The van der Waals surface area contributed by atoms with Gasteiger partial charge in [0.15, 0.2) is 11.5 Å². The first-order valence-corrected chi connectivity index (χ1v) is 11.3. The van der Waals surface area contributed by atoms with Crippen molar-refractivity contribution in [3.8, 4) is 11.5 Å². The molecule has 3 aromatic rings. The van der Waals surface area contributed by atoms with Gasteiger partial charge in [-0.2, -0.15) is 0 Å². The van der Waals surface area contributed by atoms with Crippen LogP contribution in [-0.4, -0.2) is 37.8 Å². The predicted octanol–water partition coefficient (Wildman–Crippen LogP) is 4.95. The Labute approximate surface area is 187 Å². The van der Waals surface area contributed by atoms with E-state index in [9.17, 15) is 0 Å². The van der Waals surface area contributed by atoms with Crippen molar-refractivity contribution in [2.45, 2.75) is 26.3 Å². The van der Waals surface area contributed by atoms with Gasteiger partial charge in [-0.05, 0) is 61.0 Å². The lowest BCUT2D eigenvalue weighted by Crippen LogP contribution is -2.12. The second kappa shape index (κ2) is 9.49. The molecule has 0 radical (unpaired) electrons. The van der Waals surface area contributed by atoms with Crippen molar-refractivity contribution < 1.29 is 9.47 Å². The van der Waals surface area contributed by atoms with E-state index in [0.717, 1.165) is 36.1 Å². The van der Waals surface area contributed by atoms with Gasteiger partial charge in [0.1, 0.15) is 11.6 Å². The Hall–Kier alpha value is -2.90. The third kappa shape index (κ3) is 4.57. The van der Waals surface area contributed by atoms with Crippen molar-refractivity contribution in [1.29, 1.82) is 0 Å². The van der Waals surface area contributed by atoms with Crippen LogP contribution in [0.15, 0.2) is 41.3 Å². The number of fused-ring (bicyclic) bond motifs is 1. The number of thiophene rings is 1. The smallest absolute Gasteiger partial charge is 0.162 e. The highest BCUT2D eigenvalue weighted by molar-refractivity contribution is 7.10. The van der Waals surface area contributed by atoms with E-state index in [4.69, 9.17) is 9.47 Å². The Morgan fingerprint density at radius 3 is 2.65 bits per heavy atom. The molecule has 2 heterocycles. The van der Waals surface area contributed by atoms with Crippen LogP contribution < -0.4 is 20.1 Å². The molecule has 0 spiro atoms. The lowest BCUT2D eigenvalue weighted by molar-refractivity contribution is 0.356. The number of hydrogen-bond donors (Lipinski definition) is 2. The summed E-state index contributed by atoms with van der Waals surface area (Å²) in [5.74, 6) is 2.84. The van der Waals surface area contributed by atoms with Crippen molar-refractivity contribution in [2.75, 3.05) is 33.1 Å². The quantitative estimate of drug-likeness (QED) is 0.521. The minimum atomic E-state index is 0.661. The Balaban J connectivity index is 1.59. The van der Waals surface area contributed by atoms with Crippen LogP contribution in [0.25, 0.3) is 16.5 Å². The maximum atomic E-state index is 5.47. The van der Waals surface area contributed by atoms with Gasteiger partial charge in [0, 0.05) is 22.9 Å². The highest BCUT2D eigenvalue weighted by Crippen LogP contribution is 2.35. The summed E-state index contributed by atoms with van der Waals surface area (Å²) in [7, 11) is 5.26. The van der Waals surface area contributed by atoms with Gasteiger partial charge in [-0.15, -0.1) is 11.3 Å². The zero-order valence-electron chi connectivity index (χ0n) is 18.4. The fraction of sp³-hybridized carbons (Fsp3) is 0.333. The number of rotatable bonds is 8. The second-order valence-electron chi connectivity index (χ2n) is 7.47. The third-order valence-electron chi connectivity index (χ3n) is 5.38. The Bertz CT molecular complexity index is 1150. The SMILES string of the molecule is CNCC1=C(c2csc(CNc3nc(C)nc4cc(OC)c(OC)cc34)c2)CCC=C1. The molecule has 0 fully saturated rings. The standard InChI is InChI=1S/C24H28N4O2S/c1-15-27-21-11-23(30-4)22(29-3)10-20(21)24(28-15)26-13-18-9-17(14-31-18)19-8-6-5-7-16(19)12-25-2/h5,7,9-11,14,25H,6,8,12-13H2,1-4H3,(H,26,27,28). The summed E-state index contributed by atoms with van der Waals surface area (Å²) in [6.45, 7) is 3.50. The van der Waals surface area contributed by atoms with Crippen LogP contribution in [-0.2, 0) is 6.54 Å². The van der Waals surface area contributed by atoms with Gasteiger partial charge in [0.2, 0.25) is 0 Å². The molecule has 1 aromatic carbocycles. The van der Waals surface area contributed by atoms with E-state index in [0.29, 0.717) is 23.9 Å². The summed E-state index contributed by atoms with van der Waals surface area (Å²) in [4.78, 5) is 10.5. The molecule has 6 nitrogen and oxygen atoms in total. The molecule has 4 rings (SSSR count). The van der Waals surface area contributed by atoms with Crippen molar-refractivity contribution >= 4 is 33.6 Å². The monoisotopic (exact) mass is 436 g/mol. The van der Waals surface area contributed by atoms with Gasteiger partial charge < -0.3 is 20.1 Å². The summed E-state index contributed by atoms with van der Waals surface area (Å²) in [5, 5.41) is 9.96. The van der Waals surface area contributed by atoms with Gasteiger partial charge in [-0.3, -0.25) is 0 Å². The molecular formula is C24H28N4O2S. The van der Waals surface area contributed by atoms with E-state index in [-0.39, 0.29) is 0 Å². The molecule has 2 N–H and O–H groups in total. The van der Waals surface area contributed by atoms with Crippen molar-refractivity contribution in [1.82, 2.24) is 15.3 Å². The first-order chi connectivity index (χ1) is 15.1. The topological polar surface area (TPSA) is 68.3 Å². The highest BCUT2D eigenvalue weighted by Gasteiger charge is 2.14. The van der Waals surface area contributed by atoms with Crippen LogP contribution in [0.4, 0.5) is 5.82 Å². The number of aryl methyl sites for hydroxylation is 1. The van der Waals surface area contributed by atoms with Gasteiger partial charge in [-0.1, -0.05) is 12.2 Å². The number of ether oxygens (including phenoxy) is 2. The van der Waals surface area contributed by atoms with Crippen molar-refractivity contribution in [3.63, 3.8) is 0 Å². The first kappa shape index (κ1) is 21.3. The zero-order valence-corrected chi connectivity index (χ0v) is 19.2. The largest absolute Gasteiger partial charge is 0.493 e. The van der Waals surface area contributed by atoms with Crippen molar-refractivity contribution in [2.24, 2.45) is 0 Å². The Kier molecular flexibility index (Phi) is 6.53. The fourth-order valence-electron chi connectivity index (χ4n) is 3.91. The van der Waals surface area contributed by atoms with E-state index in [1.165, 1.54) is 21.6 Å². The molecule has 0 amide bonds. The summed E-state index contributed by atoms with van der Waals surface area (Å²) in [6.07, 6.45) is 6.71. The number of nitrogens with one attached hydrogen (secondary N) is 2. The number of anilines is 1. The summed E-state index contributed by atoms with van der Waals surface area (Å²) >= 11 is 1.78. The number of nitrogens with zero attached hydrogens (tertiary/aromatic N) is 2. The molecule has 31 heavy (non-hydrogen) atoms. The molecule has 1 aliphatic carbocycles. The van der Waals surface area contributed by atoms with Crippen LogP contribution in [0, 0.1) is 6.92 Å². The fourth-order valence-corrected chi connectivity index (χ4v) is 4.75. The average molecular weight is 437 g/mol. The molecule has 7 heteroatoms. The number of benzene rings is 1. The van der Waals surface area contributed by atoms with E-state index in [2.05, 4.69) is 44.2 Å². The van der Waals surface area contributed by atoms with Crippen LogP contribution in [0.5, 0.6) is 11.5 Å². The van der Waals surface area contributed by atoms with E-state index in [1.807, 2.05) is 26.1 Å². The van der Waals surface area contributed by atoms with Gasteiger partial charge in [0.25, 0.3) is 0 Å². The lowest BCUT2D eigenvalue weighted by Gasteiger charge is -2.15. The molecule has 0 atom stereocenters. The molecule has 2 aromatic heterocycles. The molecule has 162 valence electrons. The second-order valence-corrected chi connectivity index (χ2v) is 8.47. The van der Waals surface area contributed by atoms with E-state index in [1.54, 1.807) is 25.6 Å². The molecular weight excluding hydrogens is 408 g/mol. The lowest BCUT2D eigenvalue weighted by atomic mass is 9.93. The summed E-state index contributed by atoms with van der Waals surface area (Å²) < 4.78 is 10.9. The van der Waals surface area contributed by atoms with Gasteiger partial charge in [0.05, 0.1) is 26.3 Å². The number of likely N-dealkylation sites (N-methyl/N-ethyl adjacent to an activating group) is 1. The molecule has 0 saturated heterocycles. The average Bonchev–Trinajstić information content (AvgIpc) is 3.26. The van der Waals surface area contributed by atoms with Gasteiger partial charge in [-0.25, -0.2) is 9.97 Å². The molecule has 0 saturated carbocycles. The zero-order chi connectivity index (χ0) is 21.8. The summed E-state index contributed by atoms with van der Waals surface area (Å²) in [5.41, 5.74) is 4.98. The maximum Gasteiger partial charge on any atom is 0.162 e. The van der Waals surface area contributed by atoms with Gasteiger partial charge >= 0.3 is 0 Å². The number of hydrogen-bond acceptors (Lipinski definition) is 7. The highest BCUT2D eigenvalue weighted by atomic mass is 32.1.